The van der Waals surface area contributed by atoms with Crippen molar-refractivity contribution < 1.29 is 9.90 Å². The van der Waals surface area contributed by atoms with Gasteiger partial charge in [0.2, 0.25) is 0 Å². The minimum absolute atomic E-state index is 0.0476. The number of phenolic OH excluding ortho intramolecular Hbond substituents is 1. The van der Waals surface area contributed by atoms with Gasteiger partial charge in [-0.3, -0.25) is 4.79 Å². The lowest BCUT2D eigenvalue weighted by Crippen LogP contribution is -2.20. The lowest BCUT2D eigenvalue weighted by molar-refractivity contribution is 0.0952. The molecule has 0 aliphatic carbocycles. The highest BCUT2D eigenvalue weighted by Crippen LogP contribution is 2.24. The number of nitrogens with one attached hydrogen (secondary N) is 1. The molecule has 138 valence electrons. The number of rotatable bonds is 7. The summed E-state index contributed by atoms with van der Waals surface area (Å²) >= 11 is 0. The van der Waals surface area contributed by atoms with Crippen LogP contribution in [0.1, 0.15) is 48.5 Å². The Morgan fingerprint density at radius 2 is 1.63 bits per heavy atom. The maximum absolute atomic E-state index is 12.6. The normalized spacial score (nSPS) is 11.5. The van der Waals surface area contributed by atoms with Crippen LogP contribution >= 0.6 is 0 Å². The van der Waals surface area contributed by atoms with Crippen molar-refractivity contribution in [3.63, 3.8) is 0 Å². The summed E-state index contributed by atoms with van der Waals surface area (Å²) in [6.45, 7) is 2.16. The van der Waals surface area contributed by atoms with E-state index in [1.807, 2.05) is 54.6 Å². The van der Waals surface area contributed by atoms with Gasteiger partial charge in [0.15, 0.2) is 0 Å². The van der Waals surface area contributed by atoms with Crippen molar-refractivity contribution in [1.82, 2.24) is 5.43 Å². The molecule has 0 spiro atoms. The number of hydrogen-bond acceptors (Lipinski definition) is 3. The minimum atomic E-state index is -0.415. The molecule has 3 aromatic carbocycles. The van der Waals surface area contributed by atoms with Crippen LogP contribution in [-0.2, 0) is 0 Å². The van der Waals surface area contributed by atoms with E-state index in [4.69, 9.17) is 0 Å². The van der Waals surface area contributed by atoms with Crippen LogP contribution < -0.4 is 5.43 Å². The van der Waals surface area contributed by atoms with Crippen molar-refractivity contribution in [2.24, 2.45) is 5.10 Å². The second-order valence-corrected chi connectivity index (χ2v) is 6.54. The first-order chi connectivity index (χ1) is 13.2. The summed E-state index contributed by atoms with van der Waals surface area (Å²) in [6, 6.07) is 20.8. The van der Waals surface area contributed by atoms with Gasteiger partial charge in [0.1, 0.15) is 5.75 Å². The van der Waals surface area contributed by atoms with Crippen molar-refractivity contribution in [3.8, 4) is 5.75 Å². The monoisotopic (exact) mass is 360 g/mol. The summed E-state index contributed by atoms with van der Waals surface area (Å²) < 4.78 is 0. The number of nitrogens with zero attached hydrogens (tertiary/aromatic N) is 1. The smallest absolute Gasteiger partial charge is 0.275 e. The predicted octanol–water partition coefficient (Wildman–Crippen LogP) is 5.26. The number of carbonyl (C=O) groups excluding carboxylic acids is 1. The quantitative estimate of drug-likeness (QED) is 0.343. The van der Waals surface area contributed by atoms with Crippen LogP contribution in [0.3, 0.4) is 0 Å². The summed E-state index contributed by atoms with van der Waals surface area (Å²) in [7, 11) is 0. The van der Waals surface area contributed by atoms with Crippen LogP contribution in [0, 0.1) is 0 Å². The van der Waals surface area contributed by atoms with Crippen LogP contribution in [0.25, 0.3) is 10.8 Å². The number of phenols is 1. The third-order valence-corrected chi connectivity index (χ3v) is 4.53. The van der Waals surface area contributed by atoms with E-state index in [-0.39, 0.29) is 11.3 Å². The van der Waals surface area contributed by atoms with Crippen LogP contribution in [-0.4, -0.2) is 16.7 Å². The van der Waals surface area contributed by atoms with Gasteiger partial charge in [-0.2, -0.15) is 5.10 Å². The fourth-order valence-corrected chi connectivity index (χ4v) is 3.03. The number of carbonyl (C=O) groups is 1. The molecule has 0 saturated heterocycles. The lowest BCUT2D eigenvalue weighted by atomic mass is 10.0. The molecule has 3 aromatic rings. The van der Waals surface area contributed by atoms with Crippen molar-refractivity contribution in [3.05, 3.63) is 77.9 Å². The topological polar surface area (TPSA) is 61.7 Å². The molecule has 0 bridgehead atoms. The van der Waals surface area contributed by atoms with E-state index in [1.54, 1.807) is 12.1 Å². The van der Waals surface area contributed by atoms with E-state index < -0.39 is 5.91 Å². The molecular formula is C23H24N2O2. The van der Waals surface area contributed by atoms with Gasteiger partial charge >= 0.3 is 0 Å². The highest BCUT2D eigenvalue weighted by Gasteiger charge is 2.13. The second kappa shape index (κ2) is 8.99. The molecule has 0 radical (unpaired) electrons. The van der Waals surface area contributed by atoms with Gasteiger partial charge in [-0.1, -0.05) is 74.4 Å². The Morgan fingerprint density at radius 3 is 2.33 bits per heavy atom. The standard InChI is InChI=1S/C23H24N2O2/c1-2-3-5-14-21(17-10-6-4-7-11-17)24-25-23(27)20-15-18-12-8-9-13-19(18)16-22(20)26/h4,6-13,15-16,26H,2-3,5,14H2,1H3,(H,25,27). The Kier molecular flexibility index (Phi) is 6.21. The van der Waals surface area contributed by atoms with Crippen LogP contribution in [0.15, 0.2) is 71.8 Å². The fraction of sp³-hybridized carbons (Fsp3) is 0.217. The number of fused-ring (bicyclic) bond motifs is 1. The third kappa shape index (κ3) is 4.73. The molecule has 0 heterocycles. The van der Waals surface area contributed by atoms with Gasteiger partial charge in [-0.15, -0.1) is 0 Å². The maximum Gasteiger partial charge on any atom is 0.275 e. The summed E-state index contributed by atoms with van der Waals surface area (Å²) in [6.07, 6.45) is 4.05. The first-order valence-corrected chi connectivity index (χ1v) is 9.33. The zero-order chi connectivity index (χ0) is 19.1. The summed E-state index contributed by atoms with van der Waals surface area (Å²) in [5.41, 5.74) is 4.68. The number of hydrazone groups is 1. The molecular weight excluding hydrogens is 336 g/mol. The number of amides is 1. The second-order valence-electron chi connectivity index (χ2n) is 6.54. The van der Waals surface area contributed by atoms with E-state index >= 15 is 0 Å². The van der Waals surface area contributed by atoms with Crippen molar-refractivity contribution >= 4 is 22.4 Å². The lowest BCUT2D eigenvalue weighted by Gasteiger charge is -2.09. The molecule has 4 nitrogen and oxygen atoms in total. The average Bonchev–Trinajstić information content (AvgIpc) is 2.70. The predicted molar refractivity (Wildman–Crippen MR) is 110 cm³/mol. The van der Waals surface area contributed by atoms with Crippen molar-refractivity contribution in [2.75, 3.05) is 0 Å². The Balaban J connectivity index is 1.83. The summed E-state index contributed by atoms with van der Waals surface area (Å²) in [5, 5.41) is 16.4. The highest BCUT2D eigenvalue weighted by molar-refractivity contribution is 6.04. The van der Waals surface area contributed by atoms with Gasteiger partial charge in [0, 0.05) is 0 Å². The third-order valence-electron chi connectivity index (χ3n) is 4.53. The molecule has 1 amide bonds. The Bertz CT molecular complexity index is 949. The molecule has 27 heavy (non-hydrogen) atoms. The highest BCUT2D eigenvalue weighted by atomic mass is 16.3. The van der Waals surface area contributed by atoms with E-state index in [9.17, 15) is 9.90 Å². The molecule has 3 rings (SSSR count). The summed E-state index contributed by atoms with van der Waals surface area (Å²) in [5.74, 6) is -0.462. The Labute approximate surface area is 159 Å². The molecule has 0 unspecified atom stereocenters. The van der Waals surface area contributed by atoms with E-state index in [0.717, 1.165) is 47.7 Å². The number of benzene rings is 3. The molecule has 0 fully saturated rings. The molecule has 0 saturated carbocycles. The molecule has 0 aliphatic rings. The largest absolute Gasteiger partial charge is 0.507 e. The zero-order valence-corrected chi connectivity index (χ0v) is 15.5. The molecule has 0 aliphatic heterocycles. The van der Waals surface area contributed by atoms with Crippen molar-refractivity contribution in [2.45, 2.75) is 32.6 Å². The van der Waals surface area contributed by atoms with Crippen LogP contribution in [0.2, 0.25) is 0 Å². The SMILES string of the molecule is CCCCCC(=NNC(=O)c1cc2ccccc2cc1O)c1ccccc1. The van der Waals surface area contributed by atoms with E-state index in [0.29, 0.717) is 0 Å². The Hall–Kier alpha value is -3.14. The molecule has 0 aromatic heterocycles. The van der Waals surface area contributed by atoms with Crippen LogP contribution in [0.5, 0.6) is 5.75 Å². The van der Waals surface area contributed by atoms with Gasteiger partial charge in [-0.05, 0) is 41.3 Å². The number of hydrogen-bond donors (Lipinski definition) is 2. The number of unbranched alkanes of at least 4 members (excludes halogenated alkanes) is 2. The molecule has 0 atom stereocenters. The number of aromatic hydroxyl groups is 1. The van der Waals surface area contributed by atoms with E-state index in [1.165, 1.54) is 0 Å². The van der Waals surface area contributed by atoms with Crippen molar-refractivity contribution in [1.29, 1.82) is 0 Å². The maximum atomic E-state index is 12.6. The van der Waals surface area contributed by atoms with Gasteiger partial charge in [-0.25, -0.2) is 5.43 Å². The van der Waals surface area contributed by atoms with Gasteiger partial charge in [0.25, 0.3) is 5.91 Å². The fourth-order valence-electron chi connectivity index (χ4n) is 3.03. The zero-order valence-electron chi connectivity index (χ0n) is 15.5. The first kappa shape index (κ1) is 18.6. The van der Waals surface area contributed by atoms with Gasteiger partial charge < -0.3 is 5.11 Å². The average molecular weight is 360 g/mol. The van der Waals surface area contributed by atoms with Crippen LogP contribution in [0.4, 0.5) is 0 Å². The summed E-state index contributed by atoms with van der Waals surface area (Å²) in [4.78, 5) is 12.6. The van der Waals surface area contributed by atoms with E-state index in [2.05, 4.69) is 17.5 Å². The first-order valence-electron chi connectivity index (χ1n) is 9.33. The Morgan fingerprint density at radius 1 is 0.963 bits per heavy atom. The molecule has 2 N–H and O–H groups in total. The molecule has 4 heteroatoms. The van der Waals surface area contributed by atoms with Gasteiger partial charge in [0.05, 0.1) is 11.3 Å². The minimum Gasteiger partial charge on any atom is -0.507 e.